The molecule has 1 aromatic carbocycles. The number of hydrogen-bond acceptors (Lipinski definition) is 3. The van der Waals surface area contributed by atoms with Crippen molar-refractivity contribution in [3.63, 3.8) is 0 Å². The molecule has 1 amide bonds. The number of benzene rings is 1. The second-order valence-corrected chi connectivity index (χ2v) is 9.27. The van der Waals surface area contributed by atoms with Gasteiger partial charge in [0.25, 0.3) is 5.91 Å². The highest BCUT2D eigenvalue weighted by molar-refractivity contribution is 7.20. The largest absolute Gasteiger partial charge is 0.346 e. The van der Waals surface area contributed by atoms with Crippen LogP contribution in [0.3, 0.4) is 0 Å². The Kier molecular flexibility index (Phi) is 3.44. The summed E-state index contributed by atoms with van der Waals surface area (Å²) < 4.78 is 0.999. The molecular weight excluding hydrogens is 363 g/mol. The molecule has 3 nitrogen and oxygen atoms in total. The first-order chi connectivity index (χ1) is 11.6. The third-order valence-electron chi connectivity index (χ3n) is 6.18. The Morgan fingerprint density at radius 1 is 1.17 bits per heavy atom. The van der Waals surface area contributed by atoms with Crippen molar-refractivity contribution in [1.82, 2.24) is 10.6 Å². The Balaban J connectivity index is 1.43. The number of fused-ring (bicyclic) bond motifs is 3. The van der Waals surface area contributed by atoms with E-state index in [2.05, 4.69) is 10.6 Å². The van der Waals surface area contributed by atoms with Gasteiger partial charge in [-0.25, -0.2) is 0 Å². The molecule has 2 heterocycles. The fourth-order valence-corrected chi connectivity index (χ4v) is 6.25. The summed E-state index contributed by atoms with van der Waals surface area (Å²) in [6.45, 7) is 1.05. The van der Waals surface area contributed by atoms with E-state index in [0.717, 1.165) is 27.4 Å². The first-order valence-corrected chi connectivity index (χ1v) is 10.1. The second-order valence-electron chi connectivity index (χ2n) is 7.37. The summed E-state index contributed by atoms with van der Waals surface area (Å²) in [6, 6.07) is 5.87. The van der Waals surface area contributed by atoms with Crippen LogP contribution in [0.1, 0.15) is 35.4 Å². The molecule has 1 unspecified atom stereocenters. The number of carbonyl (C=O) groups excluding carboxylic acids is 1. The maximum Gasteiger partial charge on any atom is 0.261 e. The Bertz CT molecular complexity index is 798. The van der Waals surface area contributed by atoms with Crippen LogP contribution in [-0.4, -0.2) is 24.0 Å². The number of rotatable bonds is 2. The lowest BCUT2D eigenvalue weighted by atomic mass is 9.61. The Hall–Kier alpha value is -0.810. The topological polar surface area (TPSA) is 51.0 Å². The molecule has 0 radical (unpaired) electrons. The van der Waals surface area contributed by atoms with Crippen LogP contribution in [0.25, 0.3) is 10.1 Å². The van der Waals surface area contributed by atoms with Gasteiger partial charge in [-0.1, -0.05) is 23.2 Å². The predicted octanol–water partition coefficient (Wildman–Crippen LogP) is 4.47. The molecular formula is C18H18Cl2N2OS. The molecule has 2 N–H and O–H groups in total. The number of thiophene rings is 1. The summed E-state index contributed by atoms with van der Waals surface area (Å²) in [5.74, 6) is 1.38. The van der Waals surface area contributed by atoms with Gasteiger partial charge in [-0.2, -0.15) is 0 Å². The summed E-state index contributed by atoms with van der Waals surface area (Å²) in [5, 5.41) is 8.97. The first-order valence-electron chi connectivity index (χ1n) is 8.51. The Morgan fingerprint density at radius 3 is 2.58 bits per heavy atom. The normalized spacial score (nSPS) is 34.0. The summed E-state index contributed by atoms with van der Waals surface area (Å²) in [7, 11) is 0. The fraction of sp³-hybridized carbons (Fsp3) is 0.500. The van der Waals surface area contributed by atoms with Gasteiger partial charge in [0.05, 0.1) is 26.5 Å². The first kappa shape index (κ1) is 15.4. The maximum atomic E-state index is 12.8. The standard InChI is InChI=1S/C18H18Cl2N2OS/c19-12-5-10-6-15(24-14(10)7-13(12)20)17(23)22-16-9-1-3-11(4-2-9)18(16)8-21-18/h5-7,9,11,16,21H,1-4,8H2,(H,22,23)/t9?,11?,16?,18-/m0/s1. The van der Waals surface area contributed by atoms with Crippen LogP contribution in [0.4, 0.5) is 0 Å². The molecule has 1 aromatic heterocycles. The molecule has 1 aliphatic heterocycles. The quantitative estimate of drug-likeness (QED) is 0.755. The highest BCUT2D eigenvalue weighted by Crippen LogP contribution is 2.51. The van der Waals surface area contributed by atoms with Gasteiger partial charge < -0.3 is 10.6 Å². The van der Waals surface area contributed by atoms with Crippen molar-refractivity contribution in [2.24, 2.45) is 11.8 Å². The molecule has 6 rings (SSSR count). The van der Waals surface area contributed by atoms with Crippen LogP contribution in [0.15, 0.2) is 18.2 Å². The van der Waals surface area contributed by atoms with E-state index in [1.807, 2.05) is 18.2 Å². The molecule has 2 atom stereocenters. The van der Waals surface area contributed by atoms with Crippen LogP contribution in [0.2, 0.25) is 10.0 Å². The molecule has 126 valence electrons. The predicted molar refractivity (Wildman–Crippen MR) is 99.3 cm³/mol. The highest BCUT2D eigenvalue weighted by Gasteiger charge is 2.61. The average Bonchev–Trinajstić information content (AvgIpc) is 3.25. The van der Waals surface area contributed by atoms with E-state index in [1.165, 1.54) is 37.0 Å². The number of hydrogen-bond donors (Lipinski definition) is 2. The smallest absolute Gasteiger partial charge is 0.261 e. The molecule has 4 aliphatic rings. The number of carbonyl (C=O) groups is 1. The lowest BCUT2D eigenvalue weighted by Crippen LogP contribution is -2.60. The minimum atomic E-state index is 0.0362. The molecule has 1 saturated heterocycles. The maximum absolute atomic E-state index is 12.8. The van der Waals surface area contributed by atoms with E-state index in [-0.39, 0.29) is 17.5 Å². The Labute approximate surface area is 154 Å². The van der Waals surface area contributed by atoms with Crippen molar-refractivity contribution in [3.8, 4) is 0 Å². The van der Waals surface area contributed by atoms with E-state index in [0.29, 0.717) is 16.0 Å². The summed E-state index contributed by atoms with van der Waals surface area (Å²) in [5.41, 5.74) is 0.181. The molecule has 3 saturated carbocycles. The van der Waals surface area contributed by atoms with Gasteiger partial charge >= 0.3 is 0 Å². The van der Waals surface area contributed by atoms with Gasteiger partial charge in [-0.05, 0) is 61.1 Å². The number of halogens is 2. The molecule has 4 fully saturated rings. The minimum Gasteiger partial charge on any atom is -0.346 e. The molecule has 3 aliphatic carbocycles. The zero-order chi connectivity index (χ0) is 16.5. The number of amides is 1. The van der Waals surface area contributed by atoms with Crippen LogP contribution in [0.5, 0.6) is 0 Å². The monoisotopic (exact) mass is 380 g/mol. The van der Waals surface area contributed by atoms with Crippen molar-refractivity contribution in [1.29, 1.82) is 0 Å². The minimum absolute atomic E-state index is 0.0362. The zero-order valence-electron chi connectivity index (χ0n) is 13.1. The SMILES string of the molecule is O=C(NC1C2CCC(CC2)[C@@]12CN2)c1cc2cc(Cl)c(Cl)cc2s1. The van der Waals surface area contributed by atoms with E-state index in [4.69, 9.17) is 23.2 Å². The third kappa shape index (κ3) is 2.23. The van der Waals surface area contributed by atoms with E-state index in [9.17, 15) is 4.79 Å². The molecule has 1 spiro atoms. The molecule has 6 heteroatoms. The summed E-state index contributed by atoms with van der Waals surface area (Å²) >= 11 is 13.7. The van der Waals surface area contributed by atoms with Gasteiger partial charge in [0.1, 0.15) is 0 Å². The zero-order valence-corrected chi connectivity index (χ0v) is 15.4. The van der Waals surface area contributed by atoms with Crippen molar-refractivity contribution in [3.05, 3.63) is 33.1 Å². The van der Waals surface area contributed by atoms with Gasteiger partial charge in [0.15, 0.2) is 0 Å². The van der Waals surface area contributed by atoms with Gasteiger partial charge in [0, 0.05) is 11.2 Å². The number of nitrogens with one attached hydrogen (secondary N) is 2. The van der Waals surface area contributed by atoms with Crippen molar-refractivity contribution in [2.75, 3.05) is 6.54 Å². The van der Waals surface area contributed by atoms with Crippen molar-refractivity contribution < 1.29 is 4.79 Å². The lowest BCUT2D eigenvalue weighted by molar-refractivity contribution is 0.0637. The van der Waals surface area contributed by atoms with E-state index in [1.54, 1.807) is 0 Å². The highest BCUT2D eigenvalue weighted by atomic mass is 35.5. The summed E-state index contributed by atoms with van der Waals surface area (Å²) in [6.07, 6.45) is 5.11. The third-order valence-corrected chi connectivity index (χ3v) is 8.00. The van der Waals surface area contributed by atoms with Crippen molar-refractivity contribution >= 4 is 50.5 Å². The van der Waals surface area contributed by atoms with Crippen LogP contribution in [0, 0.1) is 11.8 Å². The molecule has 2 bridgehead atoms. The van der Waals surface area contributed by atoms with Crippen LogP contribution in [-0.2, 0) is 0 Å². The van der Waals surface area contributed by atoms with E-state index < -0.39 is 0 Å². The Morgan fingerprint density at radius 2 is 1.88 bits per heavy atom. The van der Waals surface area contributed by atoms with Gasteiger partial charge in [-0.3, -0.25) is 4.79 Å². The van der Waals surface area contributed by atoms with Crippen molar-refractivity contribution in [2.45, 2.75) is 37.3 Å². The van der Waals surface area contributed by atoms with Crippen LogP contribution < -0.4 is 10.6 Å². The second kappa shape index (κ2) is 5.34. The lowest BCUT2D eigenvalue weighted by Gasteiger charge is -2.48. The van der Waals surface area contributed by atoms with Gasteiger partial charge in [-0.15, -0.1) is 11.3 Å². The van der Waals surface area contributed by atoms with Crippen LogP contribution >= 0.6 is 34.5 Å². The van der Waals surface area contributed by atoms with E-state index >= 15 is 0 Å². The molecule has 24 heavy (non-hydrogen) atoms. The fourth-order valence-electron chi connectivity index (χ4n) is 4.86. The summed E-state index contributed by atoms with van der Waals surface area (Å²) in [4.78, 5) is 13.6. The average molecular weight is 381 g/mol. The van der Waals surface area contributed by atoms with Gasteiger partial charge in [0.2, 0.25) is 0 Å². The molecule has 2 aromatic rings.